The van der Waals surface area contributed by atoms with Gasteiger partial charge in [0.2, 0.25) is 8.65 Å². The first kappa shape index (κ1) is 27.0. The summed E-state index contributed by atoms with van der Waals surface area (Å²) in [5.41, 5.74) is 15.5. The summed E-state index contributed by atoms with van der Waals surface area (Å²) in [5.74, 6) is 0. The monoisotopic (exact) mass is 390 g/mol. The topological polar surface area (TPSA) is 96.8 Å². The van der Waals surface area contributed by atoms with E-state index in [0.717, 1.165) is 32.7 Å². The fourth-order valence-corrected chi connectivity index (χ4v) is 4.69. The van der Waals surface area contributed by atoms with Gasteiger partial charge in [-0.05, 0) is 65.5 Å². The maximum Gasteiger partial charge on any atom is 0.224 e. The first-order chi connectivity index (χ1) is 12.0. The Labute approximate surface area is 158 Å². The standard InChI is InChI=1S/C13H30N2OSi2.C4H12N2O/c1-15-9-4-5-13-18(3)16-10-7-12-17(2)11-6-8-14;1-6(4-7)3-2-5/h12-13,15H,4-11,14H2,1-3H3;7H,2-5H2,1H3. The van der Waals surface area contributed by atoms with Gasteiger partial charge in [0.1, 0.15) is 0 Å². The van der Waals surface area contributed by atoms with Crippen LogP contribution in [0.25, 0.3) is 0 Å². The molecule has 0 saturated heterocycles. The average Bonchev–Trinajstić information content (AvgIpc) is 2.61. The molecule has 0 bridgehead atoms. The number of unbranched alkanes of at least 4 members (excludes halogenated alkanes) is 1. The van der Waals surface area contributed by atoms with Crippen LogP contribution in [0.4, 0.5) is 0 Å². The minimum atomic E-state index is -0.666. The largest absolute Gasteiger partial charge is 0.551 e. The third kappa shape index (κ3) is 23.8. The van der Waals surface area contributed by atoms with Crippen LogP contribution in [0.1, 0.15) is 25.7 Å². The Kier molecular flexibility index (Phi) is 23.6. The van der Waals surface area contributed by atoms with Gasteiger partial charge in [-0.2, -0.15) is 0 Å². The van der Waals surface area contributed by atoms with Crippen LogP contribution in [0.15, 0.2) is 0 Å². The van der Waals surface area contributed by atoms with Crippen LogP contribution in [0.2, 0.25) is 19.1 Å². The minimum absolute atomic E-state index is 0.0944. The number of nitrogens with one attached hydrogen (secondary N) is 1. The van der Waals surface area contributed by atoms with Gasteiger partial charge in [0, 0.05) is 21.5 Å². The summed E-state index contributed by atoms with van der Waals surface area (Å²) in [6, 6.07) is 1.31. The number of hydrogen-bond donors (Lipinski definition) is 4. The van der Waals surface area contributed by atoms with E-state index in [4.69, 9.17) is 21.0 Å². The molecule has 0 aromatic heterocycles. The smallest absolute Gasteiger partial charge is 0.224 e. The van der Waals surface area contributed by atoms with Crippen LogP contribution < -0.4 is 16.8 Å². The first-order valence-electron chi connectivity index (χ1n) is 9.31. The third-order valence-corrected chi connectivity index (χ3v) is 7.18. The fourth-order valence-electron chi connectivity index (χ4n) is 1.94. The number of aliphatic hydroxyl groups is 1. The Bertz CT molecular complexity index is 343. The number of nitrogens with zero attached hydrogens (tertiary/aromatic N) is 1. The number of likely N-dealkylation sites (N-methyl/N-ethyl adjacent to an activating group) is 1. The van der Waals surface area contributed by atoms with Crippen molar-refractivity contribution in [1.29, 1.82) is 0 Å². The maximum absolute atomic E-state index is 8.34. The molecule has 0 aromatic rings. The summed E-state index contributed by atoms with van der Waals surface area (Å²) < 4.78 is 5.86. The summed E-state index contributed by atoms with van der Waals surface area (Å²) in [5, 5.41) is 11.5. The molecule has 0 spiro atoms. The van der Waals surface area contributed by atoms with E-state index in [9.17, 15) is 0 Å². The van der Waals surface area contributed by atoms with Gasteiger partial charge in [0.05, 0.1) is 13.3 Å². The second kappa shape index (κ2) is 21.8. The maximum atomic E-state index is 8.34. The zero-order chi connectivity index (χ0) is 19.3. The molecule has 0 fully saturated rings. The van der Waals surface area contributed by atoms with Crippen molar-refractivity contribution in [2.75, 3.05) is 53.6 Å². The van der Waals surface area contributed by atoms with Crippen molar-refractivity contribution in [3.8, 4) is 0 Å². The molecule has 0 rings (SSSR count). The molecule has 0 aliphatic heterocycles. The van der Waals surface area contributed by atoms with Crippen molar-refractivity contribution < 1.29 is 9.53 Å². The molecule has 0 atom stereocenters. The van der Waals surface area contributed by atoms with Crippen LogP contribution >= 0.6 is 0 Å². The summed E-state index contributed by atoms with van der Waals surface area (Å²) in [6.45, 7) is 8.89. The molecule has 0 aliphatic rings. The lowest BCUT2D eigenvalue weighted by atomic mass is 10.3. The Balaban J connectivity index is 0. The molecule has 8 heteroatoms. The van der Waals surface area contributed by atoms with E-state index < -0.39 is 8.65 Å². The van der Waals surface area contributed by atoms with Crippen molar-refractivity contribution in [2.45, 2.75) is 44.8 Å². The lowest BCUT2D eigenvalue weighted by molar-refractivity contribution is 0.136. The highest BCUT2D eigenvalue weighted by Gasteiger charge is 1.94. The number of nitrogens with two attached hydrogens (primary N) is 2. The molecule has 0 unspecified atom stereocenters. The lowest BCUT2D eigenvalue weighted by Crippen LogP contribution is -2.25. The molecule has 150 valence electrons. The van der Waals surface area contributed by atoms with E-state index in [1.807, 2.05) is 14.1 Å². The van der Waals surface area contributed by atoms with E-state index in [1.54, 1.807) is 4.90 Å². The SMILES string of the molecule is CN(CO)CCN.CNCCCC=[Si](C)OCCC=[Si](C)CCCN. The molecule has 0 aromatic carbocycles. The Hall–Kier alpha value is -0.226. The van der Waals surface area contributed by atoms with Crippen LogP contribution in [0.5, 0.6) is 0 Å². The summed E-state index contributed by atoms with van der Waals surface area (Å²) in [7, 11) is 2.88. The van der Waals surface area contributed by atoms with E-state index in [2.05, 4.69) is 29.8 Å². The van der Waals surface area contributed by atoms with Gasteiger partial charge < -0.3 is 26.3 Å². The highest BCUT2D eigenvalue weighted by Crippen LogP contribution is 1.90. The van der Waals surface area contributed by atoms with Gasteiger partial charge >= 0.3 is 0 Å². The van der Waals surface area contributed by atoms with Crippen molar-refractivity contribution in [1.82, 2.24) is 10.2 Å². The molecule has 25 heavy (non-hydrogen) atoms. The van der Waals surface area contributed by atoms with Crippen LogP contribution in [-0.4, -0.2) is 92.0 Å². The Morgan fingerprint density at radius 2 is 1.84 bits per heavy atom. The summed E-state index contributed by atoms with van der Waals surface area (Å²) in [6.07, 6.45) is 4.68. The lowest BCUT2D eigenvalue weighted by Gasteiger charge is -2.08. The predicted octanol–water partition coefficient (Wildman–Crippen LogP) is 0.0819. The third-order valence-electron chi connectivity index (χ3n) is 3.53. The van der Waals surface area contributed by atoms with E-state index >= 15 is 0 Å². The number of hydrogen-bond acceptors (Lipinski definition) is 6. The molecule has 0 amide bonds. The summed E-state index contributed by atoms with van der Waals surface area (Å²) in [4.78, 5) is 1.74. The molecule has 0 heterocycles. The Morgan fingerprint density at radius 3 is 2.36 bits per heavy atom. The normalized spacial score (nSPS) is 12.2. The molecular weight excluding hydrogens is 348 g/mol. The van der Waals surface area contributed by atoms with Crippen LogP contribution in [0, 0.1) is 0 Å². The Morgan fingerprint density at radius 1 is 1.12 bits per heavy atom. The molecular formula is C17H42N4O2Si2. The van der Waals surface area contributed by atoms with Crippen LogP contribution in [0.3, 0.4) is 0 Å². The van der Waals surface area contributed by atoms with Gasteiger partial charge in [-0.1, -0.05) is 12.2 Å². The number of rotatable bonds is 14. The van der Waals surface area contributed by atoms with Crippen molar-refractivity contribution in [3.05, 3.63) is 0 Å². The van der Waals surface area contributed by atoms with Crippen LogP contribution in [-0.2, 0) is 4.43 Å². The fraction of sp³-hybridized carbons (Fsp3) is 0.882. The average molecular weight is 391 g/mol. The molecule has 6 N–H and O–H groups in total. The predicted molar refractivity (Wildman–Crippen MR) is 116 cm³/mol. The zero-order valence-electron chi connectivity index (χ0n) is 16.9. The zero-order valence-corrected chi connectivity index (χ0v) is 18.9. The quantitative estimate of drug-likeness (QED) is 0.191. The summed E-state index contributed by atoms with van der Waals surface area (Å²) >= 11 is 0. The van der Waals surface area contributed by atoms with E-state index in [0.29, 0.717) is 6.54 Å². The highest BCUT2D eigenvalue weighted by atomic mass is 28.3. The van der Waals surface area contributed by atoms with Gasteiger partial charge in [0.25, 0.3) is 0 Å². The van der Waals surface area contributed by atoms with E-state index in [1.165, 1.54) is 25.3 Å². The van der Waals surface area contributed by atoms with Gasteiger partial charge in [-0.15, -0.1) is 5.67 Å². The molecule has 6 nitrogen and oxygen atoms in total. The van der Waals surface area contributed by atoms with Gasteiger partial charge in [-0.3, -0.25) is 4.90 Å². The second-order valence-electron chi connectivity index (χ2n) is 6.15. The molecule has 0 radical (unpaired) electrons. The second-order valence-corrected chi connectivity index (χ2v) is 10.7. The minimum Gasteiger partial charge on any atom is -0.551 e. The van der Waals surface area contributed by atoms with Crippen molar-refractivity contribution in [2.24, 2.45) is 11.5 Å². The molecule has 0 aliphatic carbocycles. The van der Waals surface area contributed by atoms with E-state index in [-0.39, 0.29) is 15.1 Å². The van der Waals surface area contributed by atoms with Crippen molar-refractivity contribution >= 4 is 28.4 Å². The highest BCUT2D eigenvalue weighted by molar-refractivity contribution is 6.64. The molecule has 0 saturated carbocycles. The van der Waals surface area contributed by atoms with Gasteiger partial charge in [0.15, 0.2) is 0 Å². The number of aliphatic hydroxyl groups excluding tert-OH is 1. The van der Waals surface area contributed by atoms with Crippen molar-refractivity contribution in [3.63, 3.8) is 0 Å². The first-order valence-corrected chi connectivity index (χ1v) is 13.6. The van der Waals surface area contributed by atoms with Gasteiger partial charge in [-0.25, -0.2) is 0 Å².